The minimum Gasteiger partial charge on any atom is -0.477 e. The summed E-state index contributed by atoms with van der Waals surface area (Å²) < 4.78 is 5.62. The van der Waals surface area contributed by atoms with Crippen LogP contribution >= 0.6 is 0 Å². The molecule has 0 spiro atoms. The maximum Gasteiger partial charge on any atom is 0.225 e. The average Bonchev–Trinajstić information content (AvgIpc) is 2.26. The van der Waals surface area contributed by atoms with E-state index in [0.717, 1.165) is 13.0 Å². The van der Waals surface area contributed by atoms with E-state index < -0.39 is 0 Å². The molecule has 0 saturated heterocycles. The molecule has 1 aromatic heterocycles. The van der Waals surface area contributed by atoms with Gasteiger partial charge in [0.05, 0.1) is 6.61 Å². The number of nitrogens with zero attached hydrogens (tertiary/aromatic N) is 2. The van der Waals surface area contributed by atoms with Gasteiger partial charge in [-0.3, -0.25) is 0 Å². The predicted molar refractivity (Wildman–Crippen MR) is 70.2 cm³/mol. The van der Waals surface area contributed by atoms with Crippen LogP contribution in [0.4, 0.5) is 11.8 Å². The van der Waals surface area contributed by atoms with Crippen LogP contribution in [0.5, 0.6) is 5.88 Å². The molecule has 0 aliphatic rings. The third kappa shape index (κ3) is 4.89. The Labute approximate surface area is 103 Å². The Kier molecular flexibility index (Phi) is 5.52. The van der Waals surface area contributed by atoms with Crippen molar-refractivity contribution in [1.82, 2.24) is 9.97 Å². The number of nitrogens with one attached hydrogen (secondary N) is 1. The highest BCUT2D eigenvalue weighted by Gasteiger charge is 2.05. The van der Waals surface area contributed by atoms with Crippen LogP contribution in [0.2, 0.25) is 0 Å². The molecular formula is C12H22N4O. The lowest BCUT2D eigenvalue weighted by atomic mass is 10.1. The first-order valence-corrected chi connectivity index (χ1v) is 6.16. The highest BCUT2D eigenvalue weighted by atomic mass is 16.5. The van der Waals surface area contributed by atoms with Crippen LogP contribution in [-0.4, -0.2) is 23.1 Å². The Hall–Kier alpha value is -1.52. The smallest absolute Gasteiger partial charge is 0.225 e. The van der Waals surface area contributed by atoms with Crippen molar-refractivity contribution in [2.75, 3.05) is 24.2 Å². The summed E-state index contributed by atoms with van der Waals surface area (Å²) in [6.45, 7) is 7.79. The second-order valence-electron chi connectivity index (χ2n) is 4.18. The fourth-order valence-electron chi connectivity index (χ4n) is 1.59. The molecule has 1 aromatic rings. The Morgan fingerprint density at radius 3 is 2.82 bits per heavy atom. The SMILES string of the molecule is CCCC(C)COc1cc(NCC)nc(N)n1. The summed E-state index contributed by atoms with van der Waals surface area (Å²) in [6, 6.07) is 1.78. The van der Waals surface area contributed by atoms with Gasteiger partial charge in [-0.1, -0.05) is 20.3 Å². The third-order valence-corrected chi connectivity index (χ3v) is 2.38. The third-order valence-electron chi connectivity index (χ3n) is 2.38. The maximum atomic E-state index is 5.62. The molecule has 0 aliphatic carbocycles. The predicted octanol–water partition coefficient (Wildman–Crippen LogP) is 2.31. The van der Waals surface area contributed by atoms with E-state index >= 15 is 0 Å². The van der Waals surface area contributed by atoms with Crippen LogP contribution < -0.4 is 15.8 Å². The molecule has 17 heavy (non-hydrogen) atoms. The molecular weight excluding hydrogens is 216 g/mol. The van der Waals surface area contributed by atoms with E-state index in [1.807, 2.05) is 6.92 Å². The van der Waals surface area contributed by atoms with E-state index in [-0.39, 0.29) is 5.95 Å². The standard InChI is InChI=1S/C12H22N4O/c1-4-6-9(3)8-17-11-7-10(14-5-2)15-12(13)16-11/h7,9H,4-6,8H2,1-3H3,(H3,13,14,15,16). The molecule has 0 saturated carbocycles. The monoisotopic (exact) mass is 238 g/mol. The van der Waals surface area contributed by atoms with E-state index in [4.69, 9.17) is 10.5 Å². The molecule has 1 heterocycles. The number of nitrogen functional groups attached to an aromatic ring is 1. The number of rotatable bonds is 7. The molecule has 0 fully saturated rings. The average molecular weight is 238 g/mol. The van der Waals surface area contributed by atoms with E-state index in [1.54, 1.807) is 6.07 Å². The number of hydrogen-bond donors (Lipinski definition) is 2. The quantitative estimate of drug-likeness (QED) is 0.762. The van der Waals surface area contributed by atoms with Gasteiger partial charge < -0.3 is 15.8 Å². The maximum absolute atomic E-state index is 5.62. The molecule has 96 valence electrons. The van der Waals surface area contributed by atoms with Gasteiger partial charge in [0, 0.05) is 12.6 Å². The number of anilines is 2. The van der Waals surface area contributed by atoms with E-state index in [2.05, 4.69) is 29.1 Å². The first-order chi connectivity index (χ1) is 8.15. The summed E-state index contributed by atoms with van der Waals surface area (Å²) >= 11 is 0. The Morgan fingerprint density at radius 1 is 1.41 bits per heavy atom. The van der Waals surface area contributed by atoms with Crippen molar-refractivity contribution in [1.29, 1.82) is 0 Å². The summed E-state index contributed by atoms with van der Waals surface area (Å²) in [7, 11) is 0. The van der Waals surface area contributed by atoms with Gasteiger partial charge in [0.2, 0.25) is 11.8 Å². The van der Waals surface area contributed by atoms with Gasteiger partial charge in [-0.2, -0.15) is 9.97 Å². The van der Waals surface area contributed by atoms with Crippen molar-refractivity contribution in [2.24, 2.45) is 5.92 Å². The van der Waals surface area contributed by atoms with Gasteiger partial charge in [0.25, 0.3) is 0 Å². The minimum absolute atomic E-state index is 0.238. The fraction of sp³-hybridized carbons (Fsp3) is 0.667. The van der Waals surface area contributed by atoms with E-state index in [9.17, 15) is 0 Å². The summed E-state index contributed by atoms with van der Waals surface area (Å²) in [5.74, 6) is 2.01. The molecule has 0 amide bonds. The van der Waals surface area contributed by atoms with Crippen molar-refractivity contribution in [3.05, 3.63) is 6.07 Å². The zero-order chi connectivity index (χ0) is 12.7. The highest BCUT2D eigenvalue weighted by molar-refractivity contribution is 5.42. The second-order valence-corrected chi connectivity index (χ2v) is 4.18. The summed E-state index contributed by atoms with van der Waals surface area (Å²) in [6.07, 6.45) is 2.32. The normalized spacial score (nSPS) is 12.2. The van der Waals surface area contributed by atoms with Crippen LogP contribution in [-0.2, 0) is 0 Å². The zero-order valence-corrected chi connectivity index (χ0v) is 10.9. The van der Waals surface area contributed by atoms with Gasteiger partial charge in [-0.25, -0.2) is 0 Å². The second kappa shape index (κ2) is 6.93. The topological polar surface area (TPSA) is 73.1 Å². The van der Waals surface area contributed by atoms with Crippen molar-refractivity contribution in [3.63, 3.8) is 0 Å². The summed E-state index contributed by atoms with van der Waals surface area (Å²) in [5, 5.41) is 3.09. The molecule has 0 radical (unpaired) electrons. The van der Waals surface area contributed by atoms with Crippen LogP contribution in [0.25, 0.3) is 0 Å². The summed E-state index contributed by atoms with van der Waals surface area (Å²) in [4.78, 5) is 8.12. The highest BCUT2D eigenvalue weighted by Crippen LogP contribution is 2.16. The molecule has 0 bridgehead atoms. The van der Waals surface area contributed by atoms with Crippen molar-refractivity contribution < 1.29 is 4.74 Å². The molecule has 0 aromatic carbocycles. The van der Waals surface area contributed by atoms with Crippen LogP contribution in [0.15, 0.2) is 6.07 Å². The summed E-state index contributed by atoms with van der Waals surface area (Å²) in [5.41, 5.74) is 5.61. The number of ether oxygens (including phenoxy) is 1. The van der Waals surface area contributed by atoms with Crippen molar-refractivity contribution in [2.45, 2.75) is 33.6 Å². The Bertz CT molecular complexity index is 343. The number of nitrogens with two attached hydrogens (primary N) is 1. The lowest BCUT2D eigenvalue weighted by Crippen LogP contribution is -2.11. The first-order valence-electron chi connectivity index (χ1n) is 6.16. The van der Waals surface area contributed by atoms with Crippen molar-refractivity contribution in [3.8, 4) is 5.88 Å². The Morgan fingerprint density at radius 2 is 2.18 bits per heavy atom. The van der Waals surface area contributed by atoms with Crippen molar-refractivity contribution >= 4 is 11.8 Å². The Balaban J connectivity index is 2.57. The van der Waals surface area contributed by atoms with Crippen LogP contribution in [0, 0.1) is 5.92 Å². The largest absolute Gasteiger partial charge is 0.477 e. The van der Waals surface area contributed by atoms with Gasteiger partial charge in [-0.05, 0) is 19.3 Å². The molecule has 5 nitrogen and oxygen atoms in total. The number of aromatic nitrogens is 2. The van der Waals surface area contributed by atoms with Crippen LogP contribution in [0.1, 0.15) is 33.6 Å². The molecule has 1 unspecified atom stereocenters. The number of hydrogen-bond acceptors (Lipinski definition) is 5. The van der Waals surface area contributed by atoms with E-state index in [1.165, 1.54) is 6.42 Å². The minimum atomic E-state index is 0.238. The molecule has 0 aliphatic heterocycles. The van der Waals surface area contributed by atoms with Gasteiger partial charge in [-0.15, -0.1) is 0 Å². The van der Waals surface area contributed by atoms with Gasteiger partial charge >= 0.3 is 0 Å². The molecule has 5 heteroatoms. The molecule has 3 N–H and O–H groups in total. The zero-order valence-electron chi connectivity index (χ0n) is 10.9. The molecule has 1 atom stereocenters. The van der Waals surface area contributed by atoms with Gasteiger partial charge in [0.15, 0.2) is 0 Å². The van der Waals surface area contributed by atoms with E-state index in [0.29, 0.717) is 24.2 Å². The fourth-order valence-corrected chi connectivity index (χ4v) is 1.59. The lowest BCUT2D eigenvalue weighted by molar-refractivity contribution is 0.243. The van der Waals surface area contributed by atoms with Crippen LogP contribution in [0.3, 0.4) is 0 Å². The molecule has 1 rings (SSSR count). The lowest BCUT2D eigenvalue weighted by Gasteiger charge is -2.12. The first kappa shape index (κ1) is 13.5. The van der Waals surface area contributed by atoms with Gasteiger partial charge in [0.1, 0.15) is 5.82 Å².